The highest BCUT2D eigenvalue weighted by Gasteiger charge is 2.28. The Morgan fingerprint density at radius 2 is 1.73 bits per heavy atom. The number of hydrogen-bond donors (Lipinski definition) is 2. The Bertz CT molecular complexity index is 1040. The van der Waals surface area contributed by atoms with E-state index < -0.39 is 11.8 Å². The predicted molar refractivity (Wildman–Crippen MR) is 121 cm³/mol. The fraction of sp³-hybridized carbons (Fsp3) is 0.292. The smallest absolute Gasteiger partial charge is 0.309 e. The van der Waals surface area contributed by atoms with Crippen LogP contribution in [0, 0.1) is 5.82 Å². The summed E-state index contributed by atoms with van der Waals surface area (Å²) in [6.45, 7) is 3.37. The molecule has 1 aliphatic heterocycles. The molecule has 0 unspecified atom stereocenters. The van der Waals surface area contributed by atoms with Gasteiger partial charge in [-0.15, -0.1) is 0 Å². The molecular weight excluding hydrogens is 425 g/mol. The number of rotatable bonds is 7. The Kier molecular flexibility index (Phi) is 7.31. The molecule has 0 saturated carbocycles. The summed E-state index contributed by atoms with van der Waals surface area (Å²) >= 11 is 0. The normalized spacial score (nSPS) is 15.1. The van der Waals surface area contributed by atoms with E-state index in [1.54, 1.807) is 42.8 Å². The van der Waals surface area contributed by atoms with Gasteiger partial charge in [-0.25, -0.2) is 4.39 Å². The standard InChI is InChI=1S/C24H26FN5O3/c25-18-6-8-20(9-7-18)29-11-13-30(14-12-29)21(22-5-3-15-33-22)17-28-24(32)23(31)27-16-19-4-1-2-10-26-19/h1-10,15,21H,11-14,16-17H2,(H,27,31)(H,28,32)/t21-/m1/s1. The lowest BCUT2D eigenvalue weighted by Gasteiger charge is -2.39. The number of hydrogen-bond acceptors (Lipinski definition) is 6. The second-order valence-corrected chi connectivity index (χ2v) is 7.74. The number of piperazine rings is 1. The molecule has 1 saturated heterocycles. The Hall–Kier alpha value is -3.72. The van der Waals surface area contributed by atoms with Gasteiger partial charge in [0.05, 0.1) is 24.5 Å². The van der Waals surface area contributed by atoms with E-state index in [-0.39, 0.29) is 24.9 Å². The maximum Gasteiger partial charge on any atom is 0.309 e. The van der Waals surface area contributed by atoms with Gasteiger partial charge in [0.2, 0.25) is 0 Å². The third-order valence-corrected chi connectivity index (χ3v) is 5.64. The number of benzene rings is 1. The molecule has 3 aromatic rings. The van der Waals surface area contributed by atoms with Crippen LogP contribution in [0.4, 0.5) is 10.1 Å². The molecule has 8 nitrogen and oxygen atoms in total. The first-order chi connectivity index (χ1) is 16.1. The molecule has 2 N–H and O–H groups in total. The molecule has 0 bridgehead atoms. The van der Waals surface area contributed by atoms with Crippen LogP contribution in [-0.4, -0.2) is 54.4 Å². The van der Waals surface area contributed by atoms with Crippen molar-refractivity contribution in [1.29, 1.82) is 0 Å². The van der Waals surface area contributed by atoms with Crippen molar-refractivity contribution in [3.63, 3.8) is 0 Å². The van der Waals surface area contributed by atoms with Gasteiger partial charge in [0.1, 0.15) is 11.6 Å². The fourth-order valence-corrected chi connectivity index (χ4v) is 3.86. The molecule has 0 spiro atoms. The van der Waals surface area contributed by atoms with Crippen molar-refractivity contribution in [3.8, 4) is 0 Å². The summed E-state index contributed by atoms with van der Waals surface area (Å²) in [7, 11) is 0. The minimum atomic E-state index is -0.708. The maximum absolute atomic E-state index is 13.2. The van der Waals surface area contributed by atoms with Gasteiger partial charge in [-0.2, -0.15) is 0 Å². The zero-order valence-electron chi connectivity index (χ0n) is 18.1. The van der Waals surface area contributed by atoms with Crippen molar-refractivity contribution in [1.82, 2.24) is 20.5 Å². The summed E-state index contributed by atoms with van der Waals surface area (Å²) in [4.78, 5) is 33.1. The minimum absolute atomic E-state index is 0.181. The molecule has 2 amide bonds. The number of nitrogens with one attached hydrogen (secondary N) is 2. The molecule has 1 aromatic carbocycles. The van der Waals surface area contributed by atoms with Crippen molar-refractivity contribution in [2.45, 2.75) is 12.6 Å². The van der Waals surface area contributed by atoms with Gasteiger partial charge in [-0.1, -0.05) is 6.07 Å². The molecule has 1 atom stereocenters. The van der Waals surface area contributed by atoms with E-state index in [4.69, 9.17) is 4.42 Å². The predicted octanol–water partition coefficient (Wildman–Crippen LogP) is 2.11. The number of anilines is 1. The number of furan rings is 1. The molecule has 1 aliphatic rings. The molecule has 0 radical (unpaired) electrons. The maximum atomic E-state index is 13.2. The highest BCUT2D eigenvalue weighted by Crippen LogP contribution is 2.24. The number of aromatic nitrogens is 1. The molecule has 0 aliphatic carbocycles. The zero-order valence-corrected chi connectivity index (χ0v) is 18.1. The van der Waals surface area contributed by atoms with Crippen LogP contribution < -0.4 is 15.5 Å². The lowest BCUT2D eigenvalue weighted by Crippen LogP contribution is -2.50. The lowest BCUT2D eigenvalue weighted by molar-refractivity contribution is -0.139. The van der Waals surface area contributed by atoms with E-state index in [2.05, 4.69) is 25.4 Å². The van der Waals surface area contributed by atoms with E-state index >= 15 is 0 Å². The topological polar surface area (TPSA) is 90.7 Å². The summed E-state index contributed by atoms with van der Waals surface area (Å²) in [5.41, 5.74) is 1.65. The number of nitrogens with zero attached hydrogens (tertiary/aromatic N) is 3. The molecular formula is C24H26FN5O3. The number of amides is 2. The van der Waals surface area contributed by atoms with Gasteiger partial charge in [-0.05, 0) is 48.5 Å². The number of carbonyl (C=O) groups excluding carboxylic acids is 2. The quantitative estimate of drug-likeness (QED) is 0.535. The van der Waals surface area contributed by atoms with Crippen molar-refractivity contribution in [2.75, 3.05) is 37.6 Å². The average Bonchev–Trinajstić information content (AvgIpc) is 3.39. The highest BCUT2D eigenvalue weighted by atomic mass is 19.1. The molecule has 172 valence electrons. The van der Waals surface area contributed by atoms with Crippen LogP contribution in [0.5, 0.6) is 0 Å². The van der Waals surface area contributed by atoms with E-state index in [9.17, 15) is 14.0 Å². The first kappa shape index (κ1) is 22.5. The Labute approximate surface area is 191 Å². The third kappa shape index (κ3) is 5.95. The Morgan fingerprint density at radius 3 is 2.39 bits per heavy atom. The Balaban J connectivity index is 1.32. The molecule has 4 rings (SSSR count). The fourth-order valence-electron chi connectivity index (χ4n) is 3.86. The minimum Gasteiger partial charge on any atom is -0.468 e. The highest BCUT2D eigenvalue weighted by molar-refractivity contribution is 6.35. The van der Waals surface area contributed by atoms with Crippen LogP contribution in [0.2, 0.25) is 0 Å². The van der Waals surface area contributed by atoms with E-state index in [0.29, 0.717) is 5.69 Å². The van der Waals surface area contributed by atoms with Gasteiger partial charge < -0.3 is 20.0 Å². The third-order valence-electron chi connectivity index (χ3n) is 5.64. The second-order valence-electron chi connectivity index (χ2n) is 7.74. The van der Waals surface area contributed by atoms with Crippen LogP contribution in [0.25, 0.3) is 0 Å². The SMILES string of the molecule is O=C(NCc1ccccn1)C(=O)NC[C@H](c1ccco1)N1CCN(c2ccc(F)cc2)CC1. The summed E-state index contributed by atoms with van der Waals surface area (Å²) < 4.78 is 18.8. The van der Waals surface area contributed by atoms with E-state index in [0.717, 1.165) is 37.6 Å². The van der Waals surface area contributed by atoms with Crippen molar-refractivity contribution < 1.29 is 18.4 Å². The first-order valence-corrected chi connectivity index (χ1v) is 10.8. The van der Waals surface area contributed by atoms with Crippen LogP contribution >= 0.6 is 0 Å². The van der Waals surface area contributed by atoms with Crippen LogP contribution in [0.3, 0.4) is 0 Å². The van der Waals surface area contributed by atoms with Crippen LogP contribution in [-0.2, 0) is 16.1 Å². The largest absolute Gasteiger partial charge is 0.468 e. The lowest BCUT2D eigenvalue weighted by atomic mass is 10.1. The number of halogens is 1. The summed E-state index contributed by atoms with van der Waals surface area (Å²) in [5.74, 6) is -0.943. The summed E-state index contributed by atoms with van der Waals surface area (Å²) in [6.07, 6.45) is 3.23. The monoisotopic (exact) mass is 451 g/mol. The zero-order chi connectivity index (χ0) is 23.0. The molecule has 2 aromatic heterocycles. The first-order valence-electron chi connectivity index (χ1n) is 10.8. The summed E-state index contributed by atoms with van der Waals surface area (Å²) in [5, 5.41) is 5.31. The van der Waals surface area contributed by atoms with Gasteiger partial charge in [0, 0.05) is 44.6 Å². The van der Waals surface area contributed by atoms with Crippen LogP contribution in [0.15, 0.2) is 71.5 Å². The average molecular weight is 452 g/mol. The molecule has 33 heavy (non-hydrogen) atoms. The molecule has 9 heteroatoms. The van der Waals surface area contributed by atoms with Gasteiger partial charge >= 0.3 is 11.8 Å². The van der Waals surface area contributed by atoms with Gasteiger partial charge in [-0.3, -0.25) is 19.5 Å². The number of pyridine rings is 1. The van der Waals surface area contributed by atoms with E-state index in [1.807, 2.05) is 12.1 Å². The van der Waals surface area contributed by atoms with Gasteiger partial charge in [0.25, 0.3) is 0 Å². The Morgan fingerprint density at radius 1 is 0.970 bits per heavy atom. The number of carbonyl (C=O) groups is 2. The molecule has 1 fully saturated rings. The van der Waals surface area contributed by atoms with Crippen molar-refractivity contribution in [2.24, 2.45) is 0 Å². The molecule has 3 heterocycles. The van der Waals surface area contributed by atoms with Crippen molar-refractivity contribution in [3.05, 3.63) is 84.3 Å². The van der Waals surface area contributed by atoms with Crippen LogP contribution in [0.1, 0.15) is 17.5 Å². The summed E-state index contributed by atoms with van der Waals surface area (Å²) in [6, 6.07) is 15.3. The second kappa shape index (κ2) is 10.7. The van der Waals surface area contributed by atoms with Crippen molar-refractivity contribution >= 4 is 17.5 Å². The van der Waals surface area contributed by atoms with Gasteiger partial charge in [0.15, 0.2) is 0 Å². The van der Waals surface area contributed by atoms with E-state index in [1.165, 1.54) is 12.1 Å².